The molecular weight excluding hydrogens is 370 g/mol. The van der Waals surface area contributed by atoms with Crippen molar-refractivity contribution in [2.24, 2.45) is 0 Å². The highest BCUT2D eigenvalue weighted by atomic mass is 16.7. The SMILES string of the molecule is O=C(NCc1ccc2c(c1)OCO2)c1cc([N+](=O)[O-])ccc1N(CO)CCO. The summed E-state index contributed by atoms with van der Waals surface area (Å²) in [6, 6.07) is 9.00. The van der Waals surface area contributed by atoms with E-state index in [-0.39, 0.29) is 43.4 Å². The molecule has 2 aromatic carbocycles. The van der Waals surface area contributed by atoms with E-state index >= 15 is 0 Å². The number of fused-ring (bicyclic) bond motifs is 1. The third kappa shape index (κ3) is 4.13. The molecule has 0 bridgehead atoms. The Morgan fingerprint density at radius 2 is 1.96 bits per heavy atom. The normalized spacial score (nSPS) is 11.9. The predicted molar refractivity (Wildman–Crippen MR) is 98.3 cm³/mol. The molecule has 3 rings (SSSR count). The highest BCUT2D eigenvalue weighted by Gasteiger charge is 2.20. The molecule has 0 fully saturated rings. The van der Waals surface area contributed by atoms with Gasteiger partial charge in [-0.2, -0.15) is 0 Å². The summed E-state index contributed by atoms with van der Waals surface area (Å²) in [5.41, 5.74) is 0.820. The predicted octanol–water partition coefficient (Wildman–Crippen LogP) is 1.00. The van der Waals surface area contributed by atoms with E-state index in [0.717, 1.165) is 11.6 Å². The maximum Gasteiger partial charge on any atom is 0.270 e. The molecule has 10 nitrogen and oxygen atoms in total. The summed E-state index contributed by atoms with van der Waals surface area (Å²) in [4.78, 5) is 24.5. The summed E-state index contributed by atoms with van der Waals surface area (Å²) >= 11 is 0. The van der Waals surface area contributed by atoms with Crippen LogP contribution in [0.5, 0.6) is 11.5 Å². The van der Waals surface area contributed by atoms with E-state index in [9.17, 15) is 20.0 Å². The van der Waals surface area contributed by atoms with Crippen molar-refractivity contribution in [3.63, 3.8) is 0 Å². The van der Waals surface area contributed by atoms with Crippen LogP contribution in [0.15, 0.2) is 36.4 Å². The number of anilines is 1. The lowest BCUT2D eigenvalue weighted by molar-refractivity contribution is -0.384. The van der Waals surface area contributed by atoms with Gasteiger partial charge in [-0.15, -0.1) is 0 Å². The van der Waals surface area contributed by atoms with Gasteiger partial charge in [-0.05, 0) is 23.8 Å². The van der Waals surface area contributed by atoms with Crippen molar-refractivity contribution in [3.05, 3.63) is 57.6 Å². The van der Waals surface area contributed by atoms with Crippen LogP contribution in [-0.2, 0) is 6.54 Å². The monoisotopic (exact) mass is 389 g/mol. The molecular formula is C18H19N3O7. The number of amides is 1. The zero-order chi connectivity index (χ0) is 20.1. The van der Waals surface area contributed by atoms with Gasteiger partial charge in [-0.3, -0.25) is 14.9 Å². The second-order valence-corrected chi connectivity index (χ2v) is 5.96. The lowest BCUT2D eigenvalue weighted by atomic mass is 10.1. The van der Waals surface area contributed by atoms with Gasteiger partial charge < -0.3 is 29.9 Å². The number of aliphatic hydroxyl groups excluding tert-OH is 2. The molecule has 0 aromatic heterocycles. The second-order valence-electron chi connectivity index (χ2n) is 5.96. The first-order valence-electron chi connectivity index (χ1n) is 8.45. The van der Waals surface area contributed by atoms with Gasteiger partial charge in [0.25, 0.3) is 11.6 Å². The summed E-state index contributed by atoms with van der Waals surface area (Å²) in [5.74, 6) is 0.656. The van der Waals surface area contributed by atoms with Crippen LogP contribution in [-0.4, -0.2) is 47.7 Å². The fourth-order valence-electron chi connectivity index (χ4n) is 2.81. The van der Waals surface area contributed by atoms with Gasteiger partial charge in [-0.25, -0.2) is 0 Å². The number of hydrogen-bond donors (Lipinski definition) is 3. The van der Waals surface area contributed by atoms with Crippen molar-refractivity contribution in [2.75, 3.05) is 31.6 Å². The van der Waals surface area contributed by atoms with E-state index in [1.54, 1.807) is 18.2 Å². The van der Waals surface area contributed by atoms with Crippen LogP contribution in [0.25, 0.3) is 0 Å². The molecule has 10 heteroatoms. The summed E-state index contributed by atoms with van der Waals surface area (Å²) in [6.07, 6.45) is 0. The Morgan fingerprint density at radius 1 is 1.18 bits per heavy atom. The van der Waals surface area contributed by atoms with Gasteiger partial charge in [0.15, 0.2) is 11.5 Å². The molecule has 1 aliphatic rings. The zero-order valence-electron chi connectivity index (χ0n) is 14.8. The lowest BCUT2D eigenvalue weighted by Gasteiger charge is -2.23. The fourth-order valence-corrected chi connectivity index (χ4v) is 2.81. The Hall–Kier alpha value is -3.37. The average molecular weight is 389 g/mol. The highest BCUT2D eigenvalue weighted by Crippen LogP contribution is 2.32. The average Bonchev–Trinajstić information content (AvgIpc) is 3.17. The second kappa shape index (κ2) is 8.55. The number of non-ortho nitro benzene ring substituents is 1. The summed E-state index contributed by atoms with van der Waals surface area (Å²) in [5, 5.41) is 32.5. The molecule has 0 saturated carbocycles. The molecule has 0 atom stereocenters. The number of nitrogens with zero attached hydrogens (tertiary/aromatic N) is 2. The number of nitrogens with one attached hydrogen (secondary N) is 1. The Kier molecular flexibility index (Phi) is 5.92. The van der Waals surface area contributed by atoms with Crippen LogP contribution in [0.1, 0.15) is 15.9 Å². The van der Waals surface area contributed by atoms with Crippen LogP contribution < -0.4 is 19.7 Å². The van der Waals surface area contributed by atoms with Crippen LogP contribution in [0, 0.1) is 10.1 Å². The molecule has 0 spiro atoms. The van der Waals surface area contributed by atoms with E-state index in [0.29, 0.717) is 11.5 Å². The number of nitro benzene ring substituents is 1. The molecule has 3 N–H and O–H groups in total. The fraction of sp³-hybridized carbons (Fsp3) is 0.278. The number of ether oxygens (including phenoxy) is 2. The zero-order valence-corrected chi connectivity index (χ0v) is 14.8. The van der Waals surface area contributed by atoms with Gasteiger partial charge in [-0.1, -0.05) is 6.07 Å². The minimum Gasteiger partial charge on any atom is -0.454 e. The van der Waals surface area contributed by atoms with Gasteiger partial charge in [0.1, 0.15) is 6.73 Å². The Labute approximate surface area is 160 Å². The number of hydrogen-bond acceptors (Lipinski definition) is 8. The van der Waals surface area contributed by atoms with Crippen LogP contribution in [0.4, 0.5) is 11.4 Å². The molecule has 2 aromatic rings. The first-order valence-corrected chi connectivity index (χ1v) is 8.45. The first kappa shape index (κ1) is 19.4. The van der Waals surface area contributed by atoms with Gasteiger partial charge in [0.05, 0.1) is 22.8 Å². The van der Waals surface area contributed by atoms with Gasteiger partial charge in [0.2, 0.25) is 6.79 Å². The molecule has 1 heterocycles. The number of nitro groups is 1. The number of rotatable bonds is 8. The molecule has 0 aliphatic carbocycles. The van der Waals surface area contributed by atoms with Crippen molar-refractivity contribution >= 4 is 17.3 Å². The molecule has 28 heavy (non-hydrogen) atoms. The number of aliphatic hydroxyl groups is 2. The van der Waals surface area contributed by atoms with Crippen LogP contribution in [0.2, 0.25) is 0 Å². The molecule has 1 aliphatic heterocycles. The van der Waals surface area contributed by atoms with Crippen molar-refractivity contribution in [1.29, 1.82) is 0 Å². The Bertz CT molecular complexity index is 887. The van der Waals surface area contributed by atoms with Crippen LogP contribution in [0.3, 0.4) is 0 Å². The lowest BCUT2D eigenvalue weighted by Crippen LogP contribution is -2.31. The van der Waals surface area contributed by atoms with Gasteiger partial charge in [0, 0.05) is 25.2 Å². The Balaban J connectivity index is 1.82. The smallest absolute Gasteiger partial charge is 0.270 e. The maximum absolute atomic E-state index is 12.7. The van der Waals surface area contributed by atoms with Gasteiger partial charge >= 0.3 is 0 Å². The van der Waals surface area contributed by atoms with E-state index in [1.165, 1.54) is 17.0 Å². The van der Waals surface area contributed by atoms with E-state index in [1.807, 2.05) is 0 Å². The topological polar surface area (TPSA) is 134 Å². The number of carbonyl (C=O) groups excluding carboxylic acids is 1. The summed E-state index contributed by atoms with van der Waals surface area (Å²) in [6.45, 7) is -0.339. The molecule has 0 radical (unpaired) electrons. The molecule has 1 amide bonds. The van der Waals surface area contributed by atoms with Crippen molar-refractivity contribution < 1.29 is 29.4 Å². The third-order valence-electron chi connectivity index (χ3n) is 4.21. The number of benzene rings is 2. The van der Waals surface area contributed by atoms with E-state index in [4.69, 9.17) is 14.6 Å². The van der Waals surface area contributed by atoms with Crippen LogP contribution >= 0.6 is 0 Å². The quantitative estimate of drug-likeness (QED) is 0.346. The third-order valence-corrected chi connectivity index (χ3v) is 4.21. The minimum atomic E-state index is -0.603. The summed E-state index contributed by atoms with van der Waals surface area (Å²) in [7, 11) is 0. The first-order chi connectivity index (χ1) is 13.5. The van der Waals surface area contributed by atoms with Crippen molar-refractivity contribution in [2.45, 2.75) is 6.54 Å². The van der Waals surface area contributed by atoms with Crippen molar-refractivity contribution in [1.82, 2.24) is 5.32 Å². The van der Waals surface area contributed by atoms with E-state index in [2.05, 4.69) is 5.32 Å². The standard InChI is InChI=1S/C18H19N3O7/c22-6-5-20(10-23)15-3-2-13(21(25)26)8-14(15)18(24)19-9-12-1-4-16-17(7-12)28-11-27-16/h1-4,7-8,22-23H,5-6,9-11H2,(H,19,24). The molecule has 0 saturated heterocycles. The minimum absolute atomic E-state index is 0.0254. The highest BCUT2D eigenvalue weighted by molar-refractivity contribution is 6.00. The maximum atomic E-state index is 12.7. The molecule has 148 valence electrons. The largest absolute Gasteiger partial charge is 0.454 e. The number of carbonyl (C=O) groups is 1. The van der Waals surface area contributed by atoms with E-state index < -0.39 is 17.6 Å². The molecule has 0 unspecified atom stereocenters. The summed E-state index contributed by atoms with van der Waals surface area (Å²) < 4.78 is 10.5. The van der Waals surface area contributed by atoms with Crippen molar-refractivity contribution in [3.8, 4) is 11.5 Å². The Morgan fingerprint density at radius 3 is 2.68 bits per heavy atom.